The first kappa shape index (κ1) is 20.6. The topological polar surface area (TPSA) is 60.2 Å². The lowest BCUT2D eigenvalue weighted by Gasteiger charge is -2.11. The van der Waals surface area contributed by atoms with E-state index in [0.29, 0.717) is 22.5 Å². The van der Waals surface area contributed by atoms with Gasteiger partial charge in [0.15, 0.2) is 0 Å². The molecule has 0 saturated heterocycles. The number of hydrogen-bond acceptors (Lipinski definition) is 5. The summed E-state index contributed by atoms with van der Waals surface area (Å²) >= 11 is 6.32. The molecule has 3 aromatic rings. The molecular weight excluding hydrogens is 397 g/mol. The van der Waals surface area contributed by atoms with Crippen LogP contribution in [0.25, 0.3) is 22.8 Å². The first-order valence-electron chi connectivity index (χ1n) is 9.23. The minimum Gasteiger partial charge on any atom is -0.489 e. The highest BCUT2D eigenvalue weighted by Crippen LogP contribution is 2.31. The fourth-order valence-corrected chi connectivity index (χ4v) is 3.46. The quantitative estimate of drug-likeness (QED) is 0.621. The fourth-order valence-electron chi connectivity index (χ4n) is 3.24. The Hall–Kier alpha value is -2.08. The second-order valence-corrected chi connectivity index (χ2v) is 7.41. The third kappa shape index (κ3) is 4.49. The maximum atomic E-state index is 6.32. The molecule has 148 valence electrons. The first-order valence-corrected chi connectivity index (χ1v) is 9.61. The summed E-state index contributed by atoms with van der Waals surface area (Å²) in [6.07, 6.45) is 2.26. The maximum Gasteiger partial charge on any atom is 0.258 e. The minimum atomic E-state index is 0. The summed E-state index contributed by atoms with van der Waals surface area (Å²) in [7, 11) is 0. The number of halogens is 2. The van der Waals surface area contributed by atoms with E-state index in [1.165, 1.54) is 11.1 Å². The van der Waals surface area contributed by atoms with Crippen LogP contribution in [0.4, 0.5) is 0 Å². The van der Waals surface area contributed by atoms with Crippen LogP contribution in [-0.4, -0.2) is 22.8 Å². The Kier molecular flexibility index (Phi) is 6.60. The number of nitrogens with one attached hydrogen (secondary N) is 1. The van der Waals surface area contributed by atoms with Gasteiger partial charge >= 0.3 is 0 Å². The predicted octanol–water partition coefficient (Wildman–Crippen LogP) is 5.30. The lowest BCUT2D eigenvalue weighted by atomic mass is 10.0. The van der Waals surface area contributed by atoms with Gasteiger partial charge in [0.05, 0.1) is 11.1 Å². The molecule has 28 heavy (non-hydrogen) atoms. The van der Waals surface area contributed by atoms with Gasteiger partial charge in [-0.1, -0.05) is 28.9 Å². The Labute approximate surface area is 175 Å². The van der Waals surface area contributed by atoms with Gasteiger partial charge in [-0.25, -0.2) is 0 Å². The van der Waals surface area contributed by atoms with E-state index < -0.39 is 0 Å². The van der Waals surface area contributed by atoms with Crippen LogP contribution in [0.2, 0.25) is 5.02 Å². The number of fused-ring (bicyclic) bond motifs is 1. The summed E-state index contributed by atoms with van der Waals surface area (Å²) in [5.74, 6) is 1.68. The maximum absolute atomic E-state index is 6.32. The van der Waals surface area contributed by atoms with Crippen LogP contribution in [0.15, 0.2) is 40.9 Å². The average molecular weight is 420 g/mol. The van der Waals surface area contributed by atoms with E-state index in [2.05, 4.69) is 27.6 Å². The third-order valence-electron chi connectivity index (χ3n) is 4.55. The first-order chi connectivity index (χ1) is 13.1. The summed E-state index contributed by atoms with van der Waals surface area (Å²) in [5.41, 5.74) is 4.43. The summed E-state index contributed by atoms with van der Waals surface area (Å²) in [6.45, 7) is 5.89. The normalized spacial score (nSPS) is 13.6. The van der Waals surface area contributed by atoms with E-state index in [4.69, 9.17) is 20.9 Å². The minimum absolute atomic E-state index is 0. The summed E-state index contributed by atoms with van der Waals surface area (Å²) in [4.78, 5) is 4.56. The van der Waals surface area contributed by atoms with Gasteiger partial charge < -0.3 is 14.6 Å². The second kappa shape index (κ2) is 8.95. The number of ether oxygens (including phenoxy) is 1. The molecule has 1 aliphatic rings. The standard InChI is InChI=1S/C21H22ClN3O2.ClH/c1-13(2)26-19-8-7-16(11-18(19)22)21-24-20(25-27-21)15-5-6-17-12-23-9-3-4-14(17)10-15;/h5-8,10-11,13,23H,3-4,9,12H2,1-2H3;1H. The van der Waals surface area contributed by atoms with Gasteiger partial charge in [-0.3, -0.25) is 0 Å². The zero-order chi connectivity index (χ0) is 18.8. The van der Waals surface area contributed by atoms with Gasteiger partial charge in [0.1, 0.15) is 5.75 Å². The van der Waals surface area contributed by atoms with E-state index in [1.807, 2.05) is 32.0 Å². The Bertz CT molecular complexity index is 957. The highest BCUT2D eigenvalue weighted by Gasteiger charge is 2.15. The molecule has 5 nitrogen and oxygen atoms in total. The lowest BCUT2D eigenvalue weighted by Crippen LogP contribution is -2.11. The van der Waals surface area contributed by atoms with Crippen molar-refractivity contribution in [1.29, 1.82) is 0 Å². The van der Waals surface area contributed by atoms with Gasteiger partial charge in [-0.2, -0.15) is 4.98 Å². The van der Waals surface area contributed by atoms with E-state index >= 15 is 0 Å². The van der Waals surface area contributed by atoms with Crippen LogP contribution >= 0.6 is 24.0 Å². The molecule has 0 aliphatic carbocycles. The van der Waals surface area contributed by atoms with Gasteiger partial charge in [-0.05, 0) is 68.6 Å². The van der Waals surface area contributed by atoms with Crippen molar-refractivity contribution >= 4 is 24.0 Å². The molecule has 0 unspecified atom stereocenters. The van der Waals surface area contributed by atoms with Crippen molar-refractivity contribution in [2.75, 3.05) is 6.54 Å². The van der Waals surface area contributed by atoms with Gasteiger partial charge in [0.2, 0.25) is 5.82 Å². The number of nitrogens with zero attached hydrogens (tertiary/aromatic N) is 2. The number of benzene rings is 2. The number of aromatic nitrogens is 2. The molecule has 0 bridgehead atoms. The molecular formula is C21H23Cl2N3O2. The van der Waals surface area contributed by atoms with Crippen LogP contribution in [0.3, 0.4) is 0 Å². The van der Waals surface area contributed by atoms with Gasteiger partial charge in [0, 0.05) is 17.7 Å². The van der Waals surface area contributed by atoms with E-state index in [0.717, 1.165) is 37.1 Å². The molecule has 2 aromatic carbocycles. The van der Waals surface area contributed by atoms with Crippen molar-refractivity contribution in [2.24, 2.45) is 0 Å². The molecule has 1 N–H and O–H groups in total. The Morgan fingerprint density at radius 2 is 1.93 bits per heavy atom. The van der Waals surface area contributed by atoms with Crippen LogP contribution in [0, 0.1) is 0 Å². The molecule has 0 spiro atoms. The van der Waals surface area contributed by atoms with E-state index in [1.54, 1.807) is 6.07 Å². The molecule has 0 radical (unpaired) electrons. The van der Waals surface area contributed by atoms with Crippen LogP contribution < -0.4 is 10.1 Å². The van der Waals surface area contributed by atoms with Crippen molar-refractivity contribution in [3.05, 3.63) is 52.5 Å². The second-order valence-electron chi connectivity index (χ2n) is 7.00. The zero-order valence-electron chi connectivity index (χ0n) is 15.9. The smallest absolute Gasteiger partial charge is 0.258 e. The summed E-state index contributed by atoms with van der Waals surface area (Å²) in [5, 5.41) is 8.12. The molecule has 7 heteroatoms. The van der Waals surface area contributed by atoms with Crippen molar-refractivity contribution in [3.63, 3.8) is 0 Å². The average Bonchev–Trinajstić information content (AvgIpc) is 3.02. The van der Waals surface area contributed by atoms with Crippen LogP contribution in [0.1, 0.15) is 31.4 Å². The van der Waals surface area contributed by atoms with Crippen molar-refractivity contribution in [1.82, 2.24) is 15.5 Å². The summed E-state index contributed by atoms with van der Waals surface area (Å²) < 4.78 is 11.1. The van der Waals surface area contributed by atoms with E-state index in [9.17, 15) is 0 Å². The van der Waals surface area contributed by atoms with Crippen molar-refractivity contribution in [2.45, 2.75) is 39.3 Å². The van der Waals surface area contributed by atoms with Crippen molar-refractivity contribution in [3.8, 4) is 28.6 Å². The highest BCUT2D eigenvalue weighted by molar-refractivity contribution is 6.32. The largest absolute Gasteiger partial charge is 0.489 e. The molecule has 0 fully saturated rings. The molecule has 0 saturated carbocycles. The predicted molar refractivity (Wildman–Crippen MR) is 113 cm³/mol. The van der Waals surface area contributed by atoms with E-state index in [-0.39, 0.29) is 18.5 Å². The Morgan fingerprint density at radius 1 is 1.11 bits per heavy atom. The number of rotatable bonds is 4. The van der Waals surface area contributed by atoms with Gasteiger partial charge in [0.25, 0.3) is 5.89 Å². The zero-order valence-corrected chi connectivity index (χ0v) is 17.4. The molecule has 2 heterocycles. The molecule has 0 atom stereocenters. The third-order valence-corrected chi connectivity index (χ3v) is 4.84. The summed E-state index contributed by atoms with van der Waals surface area (Å²) in [6, 6.07) is 11.9. The molecule has 0 amide bonds. The number of hydrogen-bond donors (Lipinski definition) is 1. The van der Waals surface area contributed by atoms with Crippen LogP contribution in [-0.2, 0) is 13.0 Å². The molecule has 1 aliphatic heterocycles. The van der Waals surface area contributed by atoms with Gasteiger partial charge in [-0.15, -0.1) is 12.4 Å². The Morgan fingerprint density at radius 3 is 2.71 bits per heavy atom. The number of aryl methyl sites for hydroxylation is 1. The SMILES string of the molecule is CC(C)Oc1ccc(-c2nc(-c3ccc4c(c3)CCCNC4)no2)cc1Cl.Cl. The lowest BCUT2D eigenvalue weighted by molar-refractivity contribution is 0.242. The molecule has 1 aromatic heterocycles. The van der Waals surface area contributed by atoms with Crippen LogP contribution in [0.5, 0.6) is 5.75 Å². The Balaban J connectivity index is 0.00000225. The highest BCUT2D eigenvalue weighted by atomic mass is 35.5. The van der Waals surface area contributed by atoms with Crippen molar-refractivity contribution < 1.29 is 9.26 Å². The fraction of sp³-hybridized carbons (Fsp3) is 0.333. The molecule has 4 rings (SSSR count). The monoisotopic (exact) mass is 419 g/mol.